The second-order valence-corrected chi connectivity index (χ2v) is 7.41. The zero-order chi connectivity index (χ0) is 20.4. The Hall–Kier alpha value is -2.09. The Morgan fingerprint density at radius 1 is 0.966 bits per heavy atom. The number of guanidine groups is 1. The lowest BCUT2D eigenvalue weighted by Gasteiger charge is -2.23. The number of hydrogen-bond acceptors (Lipinski definition) is 2. The van der Waals surface area contributed by atoms with Crippen molar-refractivity contribution < 1.29 is 4.79 Å². The van der Waals surface area contributed by atoms with Crippen LogP contribution in [0, 0.1) is 5.41 Å². The molecule has 3 N–H and O–H groups in total. The van der Waals surface area contributed by atoms with E-state index < -0.39 is 5.41 Å². The van der Waals surface area contributed by atoms with Gasteiger partial charge in [0, 0.05) is 26.1 Å². The molecule has 0 aliphatic heterocycles. The van der Waals surface area contributed by atoms with E-state index in [9.17, 15) is 4.79 Å². The summed E-state index contributed by atoms with van der Waals surface area (Å²) in [5.41, 5.74) is 1.94. The Bertz CT molecular complexity index is 723. The van der Waals surface area contributed by atoms with Crippen LogP contribution in [-0.4, -0.2) is 38.5 Å². The van der Waals surface area contributed by atoms with Crippen LogP contribution in [0.3, 0.4) is 0 Å². The Balaban J connectivity index is 0.00000420. The zero-order valence-corrected chi connectivity index (χ0v) is 20.1. The van der Waals surface area contributed by atoms with Crippen LogP contribution in [0.5, 0.6) is 0 Å². The van der Waals surface area contributed by atoms with Gasteiger partial charge >= 0.3 is 0 Å². The summed E-state index contributed by atoms with van der Waals surface area (Å²) in [5, 5.41) is 9.44. The van der Waals surface area contributed by atoms with E-state index in [1.54, 1.807) is 7.05 Å². The van der Waals surface area contributed by atoms with Gasteiger partial charge in [-0.1, -0.05) is 60.7 Å². The molecular weight excluding hydrogens is 475 g/mol. The Kier molecular flexibility index (Phi) is 10.7. The maximum absolute atomic E-state index is 12.0. The van der Waals surface area contributed by atoms with E-state index in [0.29, 0.717) is 13.1 Å². The molecule has 0 spiro atoms. The number of carbonyl (C=O) groups excluding carboxylic acids is 1. The number of rotatable bonds is 8. The number of hydrogen-bond donors (Lipinski definition) is 3. The average Bonchev–Trinajstić information content (AvgIpc) is 2.73. The van der Waals surface area contributed by atoms with Gasteiger partial charge in [-0.05, 0) is 31.9 Å². The van der Waals surface area contributed by atoms with Gasteiger partial charge in [0.15, 0.2) is 5.96 Å². The van der Waals surface area contributed by atoms with Crippen molar-refractivity contribution in [3.05, 3.63) is 71.8 Å². The summed E-state index contributed by atoms with van der Waals surface area (Å²) >= 11 is 0. The Labute approximate surface area is 191 Å². The molecular formula is C23H33IN4O. The number of nitrogens with one attached hydrogen (secondary N) is 3. The molecule has 0 aliphatic rings. The van der Waals surface area contributed by atoms with E-state index in [1.165, 1.54) is 11.1 Å². The summed E-state index contributed by atoms with van der Waals surface area (Å²) in [5.74, 6) is 0.910. The fourth-order valence-electron chi connectivity index (χ4n) is 3.03. The summed E-state index contributed by atoms with van der Waals surface area (Å²) in [6.07, 6.45) is 0. The Morgan fingerprint density at radius 3 is 1.93 bits per heavy atom. The molecule has 0 aromatic heterocycles. The van der Waals surface area contributed by atoms with E-state index in [0.717, 1.165) is 12.5 Å². The average molecular weight is 508 g/mol. The molecule has 2 aromatic rings. The summed E-state index contributed by atoms with van der Waals surface area (Å²) in [6, 6.07) is 20.9. The highest BCUT2D eigenvalue weighted by molar-refractivity contribution is 14.0. The minimum atomic E-state index is -0.560. The van der Waals surface area contributed by atoms with Crippen LogP contribution in [-0.2, 0) is 4.79 Å². The third-order valence-electron chi connectivity index (χ3n) is 4.70. The van der Waals surface area contributed by atoms with Gasteiger partial charge in [-0.15, -0.1) is 24.0 Å². The van der Waals surface area contributed by atoms with Crippen molar-refractivity contribution >= 4 is 35.8 Å². The van der Waals surface area contributed by atoms with E-state index in [-0.39, 0.29) is 35.8 Å². The van der Waals surface area contributed by atoms with E-state index >= 15 is 0 Å². The lowest BCUT2D eigenvalue weighted by Crippen LogP contribution is -2.42. The van der Waals surface area contributed by atoms with Crippen molar-refractivity contribution in [1.82, 2.24) is 16.0 Å². The molecule has 0 fully saturated rings. The number of benzene rings is 2. The topological polar surface area (TPSA) is 65.5 Å². The van der Waals surface area contributed by atoms with Crippen molar-refractivity contribution in [1.29, 1.82) is 0 Å². The second kappa shape index (κ2) is 12.5. The van der Waals surface area contributed by atoms with Crippen molar-refractivity contribution in [3.8, 4) is 0 Å². The summed E-state index contributed by atoms with van der Waals surface area (Å²) < 4.78 is 0. The van der Waals surface area contributed by atoms with Gasteiger partial charge in [0.2, 0.25) is 5.91 Å². The fraction of sp³-hybridized carbons (Fsp3) is 0.391. The molecule has 6 heteroatoms. The maximum Gasteiger partial charge on any atom is 0.227 e. The van der Waals surface area contributed by atoms with Gasteiger partial charge in [0.25, 0.3) is 0 Å². The summed E-state index contributed by atoms with van der Waals surface area (Å²) in [6.45, 7) is 7.70. The van der Waals surface area contributed by atoms with Crippen LogP contribution in [0.25, 0.3) is 0 Å². The van der Waals surface area contributed by atoms with Crippen molar-refractivity contribution in [2.45, 2.75) is 26.7 Å². The molecule has 0 aliphatic carbocycles. The molecule has 1 amide bonds. The van der Waals surface area contributed by atoms with Crippen LogP contribution < -0.4 is 16.0 Å². The lowest BCUT2D eigenvalue weighted by atomic mass is 9.91. The number of aliphatic imine (C=N–C) groups is 1. The maximum atomic E-state index is 12.0. The zero-order valence-electron chi connectivity index (χ0n) is 17.7. The van der Waals surface area contributed by atoms with Gasteiger partial charge in [0.05, 0.1) is 12.0 Å². The molecule has 0 bridgehead atoms. The number of amides is 1. The van der Waals surface area contributed by atoms with E-state index in [4.69, 9.17) is 0 Å². The van der Waals surface area contributed by atoms with Crippen LogP contribution >= 0.6 is 24.0 Å². The van der Waals surface area contributed by atoms with E-state index in [1.807, 2.05) is 32.9 Å². The molecule has 0 saturated carbocycles. The Morgan fingerprint density at radius 2 is 1.48 bits per heavy atom. The van der Waals surface area contributed by atoms with Crippen LogP contribution in [0.4, 0.5) is 0 Å². The van der Waals surface area contributed by atoms with Crippen LogP contribution in [0.1, 0.15) is 37.8 Å². The lowest BCUT2D eigenvalue weighted by molar-refractivity contribution is -0.128. The second-order valence-electron chi connectivity index (χ2n) is 7.41. The van der Waals surface area contributed by atoms with Crippen LogP contribution in [0.15, 0.2) is 65.7 Å². The van der Waals surface area contributed by atoms with Gasteiger partial charge in [-0.25, -0.2) is 0 Å². The third kappa shape index (κ3) is 7.68. The fourth-order valence-corrected chi connectivity index (χ4v) is 3.03. The summed E-state index contributed by atoms with van der Waals surface area (Å²) in [4.78, 5) is 16.7. The monoisotopic (exact) mass is 508 g/mol. The first-order valence-electron chi connectivity index (χ1n) is 9.82. The molecule has 0 heterocycles. The molecule has 0 radical (unpaired) electrons. The van der Waals surface area contributed by atoms with E-state index in [2.05, 4.69) is 69.5 Å². The molecule has 158 valence electrons. The normalized spacial score (nSPS) is 11.6. The molecule has 0 atom stereocenters. The number of halogens is 1. The predicted octanol–water partition coefficient (Wildman–Crippen LogP) is 3.76. The largest absolute Gasteiger partial charge is 0.359 e. The van der Waals surface area contributed by atoms with Gasteiger partial charge < -0.3 is 16.0 Å². The first kappa shape index (κ1) is 24.9. The number of nitrogens with zero attached hydrogens (tertiary/aromatic N) is 1. The standard InChI is InChI=1S/C23H32N4O.HI/c1-5-25-22(27-17-23(2,3)21(28)24-4)26-16-20(18-12-8-6-9-13-18)19-14-10-7-11-15-19;/h6-15,20H,5,16-17H2,1-4H3,(H,24,28)(H2,25,26,27);1H. The third-order valence-corrected chi connectivity index (χ3v) is 4.70. The summed E-state index contributed by atoms with van der Waals surface area (Å²) in [7, 11) is 1.65. The van der Waals surface area contributed by atoms with Crippen molar-refractivity contribution in [2.24, 2.45) is 10.4 Å². The van der Waals surface area contributed by atoms with Gasteiger partial charge in [0.1, 0.15) is 0 Å². The molecule has 29 heavy (non-hydrogen) atoms. The SMILES string of the molecule is CCNC(=NCC(C)(C)C(=O)NC)NCC(c1ccccc1)c1ccccc1.I. The predicted molar refractivity (Wildman–Crippen MR) is 132 cm³/mol. The highest BCUT2D eigenvalue weighted by atomic mass is 127. The minimum absolute atomic E-state index is 0. The van der Waals surface area contributed by atoms with Gasteiger partial charge in [-0.2, -0.15) is 0 Å². The van der Waals surface area contributed by atoms with Crippen molar-refractivity contribution in [2.75, 3.05) is 26.7 Å². The molecule has 2 rings (SSSR count). The first-order valence-corrected chi connectivity index (χ1v) is 9.82. The molecule has 2 aromatic carbocycles. The smallest absolute Gasteiger partial charge is 0.227 e. The highest BCUT2D eigenvalue weighted by Crippen LogP contribution is 2.23. The minimum Gasteiger partial charge on any atom is -0.359 e. The quantitative estimate of drug-likeness (QED) is 0.289. The molecule has 0 saturated heterocycles. The van der Waals surface area contributed by atoms with Gasteiger partial charge in [-0.3, -0.25) is 9.79 Å². The number of carbonyl (C=O) groups is 1. The first-order chi connectivity index (χ1) is 13.5. The highest BCUT2D eigenvalue weighted by Gasteiger charge is 2.26. The van der Waals surface area contributed by atoms with Crippen LogP contribution in [0.2, 0.25) is 0 Å². The molecule has 5 nitrogen and oxygen atoms in total. The van der Waals surface area contributed by atoms with Crippen molar-refractivity contribution in [3.63, 3.8) is 0 Å². The molecule has 0 unspecified atom stereocenters.